The third-order valence-electron chi connectivity index (χ3n) is 2.72. The molecule has 1 rings (SSSR count). The number of ether oxygens (including phenoxy) is 1. The molecular weight excluding hydrogens is 282 g/mol. The molecule has 0 saturated carbocycles. The molecule has 7 nitrogen and oxygen atoms in total. The molecule has 1 aromatic heterocycles. The molecule has 0 aliphatic carbocycles. The van der Waals surface area contributed by atoms with Gasteiger partial charge in [0.25, 0.3) is 0 Å². The van der Waals surface area contributed by atoms with Crippen LogP contribution in [-0.4, -0.2) is 33.0 Å². The molecule has 20 heavy (non-hydrogen) atoms. The first kappa shape index (κ1) is 16.5. The van der Waals surface area contributed by atoms with Gasteiger partial charge in [-0.25, -0.2) is 0 Å². The second kappa shape index (κ2) is 6.74. The molecule has 0 saturated heterocycles. The fraction of sp³-hybridized carbons (Fsp3) is 0.667. The van der Waals surface area contributed by atoms with Crippen molar-refractivity contribution in [3.8, 4) is 0 Å². The first-order valence-corrected chi connectivity index (χ1v) is 7.10. The van der Waals surface area contributed by atoms with Gasteiger partial charge in [0, 0.05) is 18.2 Å². The molecule has 0 fully saturated rings. The Kier molecular flexibility index (Phi) is 5.55. The highest BCUT2D eigenvalue weighted by Gasteiger charge is 2.30. The average molecular weight is 301 g/mol. The number of esters is 1. The Hall–Kier alpha value is -1.57. The van der Waals surface area contributed by atoms with Gasteiger partial charge in [-0.3, -0.25) is 19.6 Å². The lowest BCUT2D eigenvalue weighted by Crippen LogP contribution is -2.09. The quantitative estimate of drug-likeness (QED) is 0.347. The molecule has 0 bridgehead atoms. The highest BCUT2D eigenvalue weighted by Crippen LogP contribution is 2.37. The van der Waals surface area contributed by atoms with E-state index in [4.69, 9.17) is 0 Å². The number of nitrogens with zero attached hydrogens (tertiary/aromatic N) is 3. The van der Waals surface area contributed by atoms with Crippen LogP contribution >= 0.6 is 11.8 Å². The Bertz CT molecular complexity index is 513. The van der Waals surface area contributed by atoms with Crippen molar-refractivity contribution in [2.75, 3.05) is 7.11 Å². The standard InChI is InChI=1S/C12H19N3O4S/c1-7(2)10-11(15(17)18)12(14(4)13-10)20-8(3)6-9(16)19-5/h7-8H,6H2,1-5H3. The van der Waals surface area contributed by atoms with Crippen molar-refractivity contribution < 1.29 is 14.5 Å². The molecule has 0 spiro atoms. The monoisotopic (exact) mass is 301 g/mol. The van der Waals surface area contributed by atoms with Crippen molar-refractivity contribution in [3.05, 3.63) is 15.8 Å². The molecule has 0 aliphatic rings. The summed E-state index contributed by atoms with van der Waals surface area (Å²) in [5.74, 6) is -0.370. The zero-order valence-electron chi connectivity index (χ0n) is 12.2. The molecule has 8 heteroatoms. The van der Waals surface area contributed by atoms with E-state index < -0.39 is 4.92 Å². The summed E-state index contributed by atoms with van der Waals surface area (Å²) < 4.78 is 6.11. The molecule has 1 atom stereocenters. The molecule has 112 valence electrons. The summed E-state index contributed by atoms with van der Waals surface area (Å²) in [4.78, 5) is 22.1. The van der Waals surface area contributed by atoms with Gasteiger partial charge in [0.1, 0.15) is 5.69 Å². The minimum Gasteiger partial charge on any atom is -0.469 e. The SMILES string of the molecule is COC(=O)CC(C)Sc1c([N+](=O)[O-])c(C(C)C)nn1C. The number of methoxy groups -OCH3 is 1. The van der Waals surface area contributed by atoms with Crippen LogP contribution in [0.1, 0.15) is 38.8 Å². The first-order chi connectivity index (χ1) is 9.27. The van der Waals surface area contributed by atoms with Crippen molar-refractivity contribution in [1.29, 1.82) is 0 Å². The second-order valence-corrected chi connectivity index (χ2v) is 6.21. The minimum absolute atomic E-state index is 0.0317. The van der Waals surface area contributed by atoms with E-state index in [1.165, 1.54) is 23.6 Å². The molecule has 0 amide bonds. The zero-order chi connectivity index (χ0) is 15.4. The van der Waals surface area contributed by atoms with Gasteiger partial charge in [-0.1, -0.05) is 32.5 Å². The van der Waals surface area contributed by atoms with Crippen molar-refractivity contribution >= 4 is 23.4 Å². The minimum atomic E-state index is -0.407. The zero-order valence-corrected chi connectivity index (χ0v) is 13.1. The van der Waals surface area contributed by atoms with E-state index in [-0.39, 0.29) is 29.2 Å². The average Bonchev–Trinajstić information content (AvgIpc) is 2.66. The van der Waals surface area contributed by atoms with Crippen molar-refractivity contribution in [2.45, 2.75) is 43.4 Å². The summed E-state index contributed by atoms with van der Waals surface area (Å²) in [6.45, 7) is 5.55. The molecule has 1 aromatic rings. The molecule has 0 N–H and O–H groups in total. The number of thioether (sulfide) groups is 1. The number of carbonyl (C=O) groups is 1. The molecule has 0 radical (unpaired) electrons. The van der Waals surface area contributed by atoms with Crippen LogP contribution < -0.4 is 0 Å². The summed E-state index contributed by atoms with van der Waals surface area (Å²) in [5.41, 5.74) is 0.495. The Morgan fingerprint density at radius 1 is 1.50 bits per heavy atom. The fourth-order valence-electron chi connectivity index (χ4n) is 1.76. The Balaban J connectivity index is 3.05. The Morgan fingerprint density at radius 2 is 2.10 bits per heavy atom. The van der Waals surface area contributed by atoms with Crippen molar-refractivity contribution in [3.63, 3.8) is 0 Å². The van der Waals surface area contributed by atoms with Crippen molar-refractivity contribution in [1.82, 2.24) is 9.78 Å². The van der Waals surface area contributed by atoms with E-state index in [1.807, 2.05) is 20.8 Å². The van der Waals surface area contributed by atoms with E-state index in [9.17, 15) is 14.9 Å². The first-order valence-electron chi connectivity index (χ1n) is 6.22. The van der Waals surface area contributed by atoms with Crippen LogP contribution in [0.3, 0.4) is 0 Å². The number of carbonyl (C=O) groups excluding carboxylic acids is 1. The lowest BCUT2D eigenvalue weighted by atomic mass is 10.1. The Labute approximate surface area is 121 Å². The van der Waals surface area contributed by atoms with E-state index in [0.29, 0.717) is 10.7 Å². The predicted molar refractivity (Wildman–Crippen MR) is 75.9 cm³/mol. The van der Waals surface area contributed by atoms with E-state index in [2.05, 4.69) is 9.84 Å². The molecule has 1 unspecified atom stereocenters. The van der Waals surface area contributed by atoms with Gasteiger partial charge in [-0.15, -0.1) is 0 Å². The number of hydrogen-bond donors (Lipinski definition) is 0. The van der Waals surface area contributed by atoms with Crippen LogP contribution in [0, 0.1) is 10.1 Å². The fourth-order valence-corrected chi connectivity index (χ4v) is 2.84. The second-order valence-electron chi connectivity index (χ2n) is 4.78. The maximum atomic E-state index is 11.3. The van der Waals surface area contributed by atoms with Gasteiger partial charge < -0.3 is 4.74 Å². The van der Waals surface area contributed by atoms with Crippen molar-refractivity contribution in [2.24, 2.45) is 7.05 Å². The lowest BCUT2D eigenvalue weighted by molar-refractivity contribution is -0.388. The van der Waals surface area contributed by atoms with Gasteiger partial charge in [-0.2, -0.15) is 5.10 Å². The smallest absolute Gasteiger partial charge is 0.324 e. The third kappa shape index (κ3) is 3.72. The van der Waals surface area contributed by atoms with Crippen LogP contribution in [0.25, 0.3) is 0 Å². The summed E-state index contributed by atoms with van der Waals surface area (Å²) in [6.07, 6.45) is 0.195. The summed E-state index contributed by atoms with van der Waals surface area (Å²) in [5, 5.41) is 15.8. The molecular formula is C12H19N3O4S. The van der Waals surface area contributed by atoms with Gasteiger partial charge in [-0.05, 0) is 0 Å². The number of rotatable bonds is 6. The Morgan fingerprint density at radius 3 is 2.55 bits per heavy atom. The van der Waals surface area contributed by atoms with E-state index >= 15 is 0 Å². The number of hydrogen-bond acceptors (Lipinski definition) is 6. The lowest BCUT2D eigenvalue weighted by Gasteiger charge is -2.09. The topological polar surface area (TPSA) is 87.3 Å². The maximum Gasteiger partial charge on any atom is 0.324 e. The van der Waals surface area contributed by atoms with Gasteiger partial charge in [0.2, 0.25) is 0 Å². The summed E-state index contributed by atoms with van der Waals surface area (Å²) in [7, 11) is 3.00. The van der Waals surface area contributed by atoms with Crippen LogP contribution in [0.2, 0.25) is 0 Å². The van der Waals surface area contributed by atoms with Crippen LogP contribution in [-0.2, 0) is 16.6 Å². The van der Waals surface area contributed by atoms with E-state index in [1.54, 1.807) is 7.05 Å². The predicted octanol–water partition coefficient (Wildman–Crippen LogP) is 2.50. The summed E-state index contributed by atoms with van der Waals surface area (Å²) >= 11 is 1.27. The van der Waals surface area contributed by atoms with Crippen LogP contribution in [0.15, 0.2) is 5.03 Å². The third-order valence-corrected chi connectivity index (χ3v) is 3.97. The van der Waals surface area contributed by atoms with Gasteiger partial charge in [0.05, 0.1) is 18.5 Å². The highest BCUT2D eigenvalue weighted by molar-refractivity contribution is 8.00. The molecule has 1 heterocycles. The maximum absolute atomic E-state index is 11.3. The largest absolute Gasteiger partial charge is 0.469 e. The van der Waals surface area contributed by atoms with Gasteiger partial charge in [0.15, 0.2) is 5.03 Å². The normalized spacial score (nSPS) is 12.5. The molecule has 0 aliphatic heterocycles. The van der Waals surface area contributed by atoms with Crippen LogP contribution in [0.5, 0.6) is 0 Å². The van der Waals surface area contributed by atoms with Crippen LogP contribution in [0.4, 0.5) is 5.69 Å². The number of aromatic nitrogens is 2. The highest BCUT2D eigenvalue weighted by atomic mass is 32.2. The number of aryl methyl sites for hydroxylation is 1. The molecule has 0 aromatic carbocycles. The number of nitro groups is 1. The summed E-state index contributed by atoms with van der Waals surface area (Å²) in [6, 6.07) is 0. The van der Waals surface area contributed by atoms with Gasteiger partial charge >= 0.3 is 11.7 Å². The van der Waals surface area contributed by atoms with E-state index in [0.717, 1.165) is 0 Å².